The van der Waals surface area contributed by atoms with Crippen molar-refractivity contribution in [1.29, 1.82) is 0 Å². The molecule has 0 amide bonds. The predicted molar refractivity (Wildman–Crippen MR) is 57.9 cm³/mol. The molecule has 0 aliphatic rings. The van der Waals surface area contributed by atoms with Crippen LogP contribution in [0.1, 0.15) is 47.0 Å². The van der Waals surface area contributed by atoms with Crippen molar-refractivity contribution in [1.82, 2.24) is 5.32 Å². The zero-order valence-electron chi connectivity index (χ0n) is 9.56. The van der Waals surface area contributed by atoms with Gasteiger partial charge in [0, 0.05) is 0 Å². The second kappa shape index (κ2) is 6.39. The van der Waals surface area contributed by atoms with Crippen LogP contribution in [-0.2, 0) is 0 Å². The molecule has 2 N–H and O–H groups in total. The van der Waals surface area contributed by atoms with Gasteiger partial charge in [-0.15, -0.1) is 0 Å². The van der Waals surface area contributed by atoms with Gasteiger partial charge in [-0.1, -0.05) is 20.8 Å². The minimum Gasteiger partial charge on any atom is -0.390 e. The van der Waals surface area contributed by atoms with Crippen molar-refractivity contribution in [3.8, 4) is 0 Å². The largest absolute Gasteiger partial charge is 0.390 e. The van der Waals surface area contributed by atoms with Crippen LogP contribution in [0.5, 0.6) is 0 Å². The van der Waals surface area contributed by atoms with Gasteiger partial charge in [0.1, 0.15) is 0 Å². The molecule has 2 nitrogen and oxygen atoms in total. The standard InChI is InChI=1S/C11H25NO/c1-5-7-12-8-6-11(4,13)9-10(2)3/h10,12-13H,5-9H2,1-4H3. The Hall–Kier alpha value is -0.0800. The lowest BCUT2D eigenvalue weighted by molar-refractivity contribution is 0.0303. The molecule has 0 saturated heterocycles. The molecule has 0 bridgehead atoms. The normalized spacial score (nSPS) is 16.2. The highest BCUT2D eigenvalue weighted by Crippen LogP contribution is 2.19. The molecule has 0 spiro atoms. The highest BCUT2D eigenvalue weighted by molar-refractivity contribution is 4.74. The first-order chi connectivity index (χ1) is 5.98. The molecule has 0 rings (SSSR count). The first-order valence-electron chi connectivity index (χ1n) is 5.41. The van der Waals surface area contributed by atoms with Crippen LogP contribution in [0.3, 0.4) is 0 Å². The number of hydrogen-bond donors (Lipinski definition) is 2. The van der Waals surface area contributed by atoms with Gasteiger partial charge < -0.3 is 10.4 Å². The summed E-state index contributed by atoms with van der Waals surface area (Å²) in [5.74, 6) is 0.571. The SMILES string of the molecule is CCCNCCC(C)(O)CC(C)C. The maximum absolute atomic E-state index is 9.94. The van der Waals surface area contributed by atoms with Crippen LogP contribution in [-0.4, -0.2) is 23.8 Å². The maximum atomic E-state index is 9.94. The summed E-state index contributed by atoms with van der Waals surface area (Å²) in [5.41, 5.74) is -0.491. The van der Waals surface area contributed by atoms with Crippen LogP contribution in [0.15, 0.2) is 0 Å². The number of nitrogens with one attached hydrogen (secondary N) is 1. The third kappa shape index (κ3) is 8.26. The lowest BCUT2D eigenvalue weighted by atomic mass is 9.91. The Morgan fingerprint density at radius 2 is 1.92 bits per heavy atom. The Kier molecular flexibility index (Phi) is 6.35. The van der Waals surface area contributed by atoms with E-state index >= 15 is 0 Å². The van der Waals surface area contributed by atoms with Crippen molar-refractivity contribution in [3.63, 3.8) is 0 Å². The van der Waals surface area contributed by atoms with Gasteiger partial charge in [-0.3, -0.25) is 0 Å². The van der Waals surface area contributed by atoms with Crippen molar-refractivity contribution < 1.29 is 5.11 Å². The van der Waals surface area contributed by atoms with E-state index in [1.54, 1.807) is 0 Å². The minimum atomic E-state index is -0.491. The van der Waals surface area contributed by atoms with Gasteiger partial charge in [0.2, 0.25) is 0 Å². The van der Waals surface area contributed by atoms with E-state index in [1.165, 1.54) is 0 Å². The first-order valence-corrected chi connectivity index (χ1v) is 5.41. The van der Waals surface area contributed by atoms with Crippen LogP contribution < -0.4 is 5.32 Å². The van der Waals surface area contributed by atoms with Crippen molar-refractivity contribution in [3.05, 3.63) is 0 Å². The smallest absolute Gasteiger partial charge is 0.0634 e. The highest BCUT2D eigenvalue weighted by atomic mass is 16.3. The molecule has 1 atom stereocenters. The monoisotopic (exact) mass is 187 g/mol. The van der Waals surface area contributed by atoms with E-state index in [4.69, 9.17) is 0 Å². The summed E-state index contributed by atoms with van der Waals surface area (Å²) in [6.07, 6.45) is 2.90. The van der Waals surface area contributed by atoms with Crippen molar-refractivity contribution >= 4 is 0 Å². The summed E-state index contributed by atoms with van der Waals surface area (Å²) in [7, 11) is 0. The molecule has 0 fully saturated rings. The molecule has 0 aliphatic carbocycles. The fourth-order valence-electron chi connectivity index (χ4n) is 1.64. The quantitative estimate of drug-likeness (QED) is 0.599. The summed E-state index contributed by atoms with van der Waals surface area (Å²) in [4.78, 5) is 0. The van der Waals surface area contributed by atoms with Gasteiger partial charge in [0.25, 0.3) is 0 Å². The third-order valence-corrected chi connectivity index (χ3v) is 2.12. The number of rotatable bonds is 7. The number of aliphatic hydroxyl groups is 1. The summed E-state index contributed by atoms with van der Waals surface area (Å²) < 4.78 is 0. The van der Waals surface area contributed by atoms with Gasteiger partial charge in [0.15, 0.2) is 0 Å². The molecule has 0 aromatic carbocycles. The second-order valence-electron chi connectivity index (χ2n) is 4.59. The topological polar surface area (TPSA) is 32.3 Å². The summed E-state index contributed by atoms with van der Waals surface area (Å²) >= 11 is 0. The predicted octanol–water partition coefficient (Wildman–Crippen LogP) is 2.17. The molecule has 80 valence electrons. The molecule has 0 radical (unpaired) electrons. The van der Waals surface area contributed by atoms with Crippen LogP contribution in [0, 0.1) is 5.92 Å². The molecule has 13 heavy (non-hydrogen) atoms. The average molecular weight is 187 g/mol. The van der Waals surface area contributed by atoms with Crippen molar-refractivity contribution in [2.24, 2.45) is 5.92 Å². The van der Waals surface area contributed by atoms with E-state index in [-0.39, 0.29) is 0 Å². The number of hydrogen-bond acceptors (Lipinski definition) is 2. The average Bonchev–Trinajstić information content (AvgIpc) is 1.95. The third-order valence-electron chi connectivity index (χ3n) is 2.12. The fourth-order valence-corrected chi connectivity index (χ4v) is 1.64. The van der Waals surface area contributed by atoms with E-state index in [1.807, 2.05) is 6.92 Å². The molecule has 0 aromatic rings. The lowest BCUT2D eigenvalue weighted by Crippen LogP contribution is -2.31. The molecule has 0 aliphatic heterocycles. The Bertz CT molecular complexity index is 121. The van der Waals surface area contributed by atoms with E-state index in [0.717, 1.165) is 32.4 Å². The van der Waals surface area contributed by atoms with Gasteiger partial charge >= 0.3 is 0 Å². The Balaban J connectivity index is 3.50. The molecular weight excluding hydrogens is 162 g/mol. The van der Waals surface area contributed by atoms with E-state index in [0.29, 0.717) is 5.92 Å². The van der Waals surface area contributed by atoms with Gasteiger partial charge in [-0.2, -0.15) is 0 Å². The van der Waals surface area contributed by atoms with E-state index in [9.17, 15) is 5.11 Å². The summed E-state index contributed by atoms with van der Waals surface area (Å²) in [6, 6.07) is 0. The fraction of sp³-hybridized carbons (Fsp3) is 1.00. The molecule has 1 unspecified atom stereocenters. The first kappa shape index (κ1) is 12.9. The van der Waals surface area contributed by atoms with Gasteiger partial charge in [-0.05, 0) is 45.2 Å². The highest BCUT2D eigenvalue weighted by Gasteiger charge is 2.20. The molecule has 0 heterocycles. The Labute approximate surface area is 82.7 Å². The lowest BCUT2D eigenvalue weighted by Gasteiger charge is -2.25. The van der Waals surface area contributed by atoms with Crippen molar-refractivity contribution in [2.75, 3.05) is 13.1 Å². The molecule has 2 heteroatoms. The van der Waals surface area contributed by atoms with Crippen LogP contribution in [0.2, 0.25) is 0 Å². The zero-order valence-corrected chi connectivity index (χ0v) is 9.56. The van der Waals surface area contributed by atoms with E-state index < -0.39 is 5.60 Å². The minimum absolute atomic E-state index is 0.491. The van der Waals surface area contributed by atoms with Crippen molar-refractivity contribution in [2.45, 2.75) is 52.6 Å². The van der Waals surface area contributed by atoms with Crippen LogP contribution >= 0.6 is 0 Å². The van der Waals surface area contributed by atoms with Crippen LogP contribution in [0.25, 0.3) is 0 Å². The summed E-state index contributed by atoms with van der Waals surface area (Å²) in [6.45, 7) is 10.4. The molecule has 0 aromatic heterocycles. The Morgan fingerprint density at radius 1 is 1.31 bits per heavy atom. The van der Waals surface area contributed by atoms with Gasteiger partial charge in [-0.25, -0.2) is 0 Å². The summed E-state index contributed by atoms with van der Waals surface area (Å²) in [5, 5.41) is 13.2. The second-order valence-corrected chi connectivity index (χ2v) is 4.59. The van der Waals surface area contributed by atoms with Gasteiger partial charge in [0.05, 0.1) is 5.60 Å². The molecular formula is C11H25NO. The Morgan fingerprint density at radius 3 is 2.38 bits per heavy atom. The maximum Gasteiger partial charge on any atom is 0.0634 e. The molecule has 0 saturated carbocycles. The van der Waals surface area contributed by atoms with Crippen LogP contribution in [0.4, 0.5) is 0 Å². The zero-order chi connectivity index (χ0) is 10.3. The van der Waals surface area contributed by atoms with E-state index in [2.05, 4.69) is 26.1 Å².